The zero-order valence-electron chi connectivity index (χ0n) is 10.7. The Balaban J connectivity index is 2.70. The van der Waals surface area contributed by atoms with Crippen LogP contribution in [-0.2, 0) is 4.74 Å². The Morgan fingerprint density at radius 1 is 1.22 bits per heavy atom. The van der Waals surface area contributed by atoms with Crippen molar-refractivity contribution in [1.29, 1.82) is 0 Å². The molecule has 92 valence electrons. The van der Waals surface area contributed by atoms with E-state index < -0.39 is 0 Å². The van der Waals surface area contributed by atoms with Crippen LogP contribution in [0.5, 0.6) is 0 Å². The van der Waals surface area contributed by atoms with E-state index >= 15 is 0 Å². The first-order valence-electron chi connectivity index (χ1n) is 6.00. The van der Waals surface area contributed by atoms with Crippen LogP contribution in [0.4, 0.5) is 0 Å². The minimum absolute atomic E-state index is 0.291. The third kappa shape index (κ3) is 2.14. The minimum Gasteiger partial charge on any atom is -0.462 e. The average Bonchev–Trinajstić information content (AvgIpc) is 2.37. The fourth-order valence-corrected chi connectivity index (χ4v) is 2.11. The summed E-state index contributed by atoms with van der Waals surface area (Å²) in [6.45, 7) is 8.06. The summed E-state index contributed by atoms with van der Waals surface area (Å²) in [6, 6.07) is 11.7. The Labute approximate surface area is 107 Å². The zero-order chi connectivity index (χ0) is 13.1. The molecule has 2 nitrogen and oxygen atoms in total. The maximum absolute atomic E-state index is 12.0. The molecule has 0 saturated heterocycles. The van der Waals surface area contributed by atoms with E-state index in [-0.39, 0.29) is 5.97 Å². The Bertz CT molecular complexity index is 612. The molecular weight excluding hydrogens is 224 g/mol. The second kappa shape index (κ2) is 5.05. The van der Waals surface area contributed by atoms with Crippen LogP contribution in [0.1, 0.15) is 29.8 Å². The molecular formula is C16H16O2. The number of ether oxygens (including phenoxy) is 1. The van der Waals surface area contributed by atoms with Gasteiger partial charge in [0, 0.05) is 0 Å². The molecule has 0 saturated carbocycles. The summed E-state index contributed by atoms with van der Waals surface area (Å²) >= 11 is 0. The lowest BCUT2D eigenvalue weighted by Crippen LogP contribution is -2.07. The van der Waals surface area contributed by atoms with Gasteiger partial charge in [-0.25, -0.2) is 4.79 Å². The minimum atomic E-state index is -0.291. The van der Waals surface area contributed by atoms with Crippen molar-refractivity contribution >= 4 is 22.3 Å². The monoisotopic (exact) mass is 240 g/mol. The number of esters is 1. The molecule has 0 aliphatic carbocycles. The summed E-state index contributed by atoms with van der Waals surface area (Å²) in [5.74, 6) is -0.291. The van der Waals surface area contributed by atoms with Crippen molar-refractivity contribution in [3.05, 3.63) is 54.1 Å². The number of carbonyl (C=O) groups is 1. The van der Waals surface area contributed by atoms with Crippen molar-refractivity contribution in [2.24, 2.45) is 0 Å². The van der Waals surface area contributed by atoms with Gasteiger partial charge < -0.3 is 4.74 Å². The SMILES string of the molecule is C=C(C)c1c(C(=O)OCC)ccc2ccccc12. The van der Waals surface area contributed by atoms with Crippen LogP contribution in [0, 0.1) is 0 Å². The molecule has 0 unspecified atom stereocenters. The van der Waals surface area contributed by atoms with Crippen LogP contribution < -0.4 is 0 Å². The molecule has 0 bridgehead atoms. The largest absolute Gasteiger partial charge is 0.462 e. The third-order valence-corrected chi connectivity index (χ3v) is 2.85. The molecule has 0 aliphatic heterocycles. The molecule has 0 heterocycles. The summed E-state index contributed by atoms with van der Waals surface area (Å²) in [4.78, 5) is 12.0. The topological polar surface area (TPSA) is 26.3 Å². The summed E-state index contributed by atoms with van der Waals surface area (Å²) in [7, 11) is 0. The predicted octanol–water partition coefficient (Wildman–Crippen LogP) is 4.05. The van der Waals surface area contributed by atoms with Crippen molar-refractivity contribution in [2.75, 3.05) is 6.61 Å². The van der Waals surface area contributed by atoms with E-state index in [0.717, 1.165) is 21.9 Å². The maximum Gasteiger partial charge on any atom is 0.338 e. The van der Waals surface area contributed by atoms with Crippen LogP contribution in [-0.4, -0.2) is 12.6 Å². The van der Waals surface area contributed by atoms with Crippen LogP contribution in [0.25, 0.3) is 16.3 Å². The van der Waals surface area contributed by atoms with Gasteiger partial charge in [-0.3, -0.25) is 0 Å². The number of allylic oxidation sites excluding steroid dienone is 1. The predicted molar refractivity (Wildman–Crippen MR) is 74.6 cm³/mol. The van der Waals surface area contributed by atoms with E-state index in [1.165, 1.54) is 0 Å². The Kier molecular flexibility index (Phi) is 3.47. The number of hydrogen-bond acceptors (Lipinski definition) is 2. The fraction of sp³-hybridized carbons (Fsp3) is 0.188. The highest BCUT2D eigenvalue weighted by molar-refractivity contribution is 6.04. The molecule has 0 aromatic heterocycles. The highest BCUT2D eigenvalue weighted by atomic mass is 16.5. The second-order valence-corrected chi connectivity index (χ2v) is 4.21. The van der Waals surface area contributed by atoms with Crippen molar-refractivity contribution in [3.63, 3.8) is 0 Å². The van der Waals surface area contributed by atoms with Gasteiger partial charge in [-0.1, -0.05) is 36.9 Å². The molecule has 2 aromatic rings. The first-order chi connectivity index (χ1) is 8.65. The van der Waals surface area contributed by atoms with Crippen LogP contribution in [0.15, 0.2) is 43.0 Å². The molecule has 18 heavy (non-hydrogen) atoms. The van der Waals surface area contributed by atoms with Gasteiger partial charge in [0.2, 0.25) is 0 Å². The Morgan fingerprint density at radius 3 is 2.61 bits per heavy atom. The van der Waals surface area contributed by atoms with E-state index in [1.807, 2.05) is 43.3 Å². The lowest BCUT2D eigenvalue weighted by molar-refractivity contribution is 0.0526. The van der Waals surface area contributed by atoms with E-state index in [0.29, 0.717) is 12.2 Å². The van der Waals surface area contributed by atoms with Gasteiger partial charge in [0.25, 0.3) is 0 Å². The second-order valence-electron chi connectivity index (χ2n) is 4.21. The molecule has 0 fully saturated rings. The van der Waals surface area contributed by atoms with Crippen molar-refractivity contribution in [3.8, 4) is 0 Å². The van der Waals surface area contributed by atoms with Gasteiger partial charge in [-0.15, -0.1) is 0 Å². The molecule has 0 radical (unpaired) electrons. The van der Waals surface area contributed by atoms with Gasteiger partial charge >= 0.3 is 5.97 Å². The first-order valence-corrected chi connectivity index (χ1v) is 6.00. The van der Waals surface area contributed by atoms with Crippen molar-refractivity contribution < 1.29 is 9.53 Å². The highest BCUT2D eigenvalue weighted by Crippen LogP contribution is 2.28. The number of carbonyl (C=O) groups excluding carboxylic acids is 1. The molecule has 0 spiro atoms. The lowest BCUT2D eigenvalue weighted by atomic mass is 9.94. The number of hydrogen-bond donors (Lipinski definition) is 0. The molecule has 0 amide bonds. The summed E-state index contributed by atoms with van der Waals surface area (Å²) < 4.78 is 5.09. The lowest BCUT2D eigenvalue weighted by Gasteiger charge is -2.12. The molecule has 0 N–H and O–H groups in total. The summed E-state index contributed by atoms with van der Waals surface area (Å²) in [5.41, 5.74) is 2.34. The fourth-order valence-electron chi connectivity index (χ4n) is 2.11. The van der Waals surface area contributed by atoms with E-state index in [1.54, 1.807) is 6.92 Å². The highest BCUT2D eigenvalue weighted by Gasteiger charge is 2.15. The van der Waals surface area contributed by atoms with Gasteiger partial charge in [0.15, 0.2) is 0 Å². The summed E-state index contributed by atoms with van der Waals surface area (Å²) in [5, 5.41) is 2.14. The number of fused-ring (bicyclic) bond motifs is 1. The Hall–Kier alpha value is -2.09. The van der Waals surface area contributed by atoms with E-state index in [9.17, 15) is 4.79 Å². The van der Waals surface area contributed by atoms with E-state index in [4.69, 9.17) is 4.74 Å². The number of benzene rings is 2. The normalized spacial score (nSPS) is 10.3. The van der Waals surface area contributed by atoms with E-state index in [2.05, 4.69) is 6.58 Å². The maximum atomic E-state index is 12.0. The first kappa shape index (κ1) is 12.4. The molecule has 2 rings (SSSR count). The van der Waals surface area contributed by atoms with Crippen molar-refractivity contribution in [1.82, 2.24) is 0 Å². The van der Waals surface area contributed by atoms with Gasteiger partial charge in [-0.2, -0.15) is 0 Å². The molecule has 0 atom stereocenters. The van der Waals surface area contributed by atoms with Gasteiger partial charge in [0.1, 0.15) is 0 Å². The number of rotatable bonds is 3. The van der Waals surface area contributed by atoms with Gasteiger partial charge in [0.05, 0.1) is 12.2 Å². The average molecular weight is 240 g/mol. The van der Waals surface area contributed by atoms with Crippen LogP contribution in [0.2, 0.25) is 0 Å². The molecule has 2 heteroatoms. The van der Waals surface area contributed by atoms with Gasteiger partial charge in [-0.05, 0) is 41.8 Å². The standard InChI is InChI=1S/C16H16O2/c1-4-18-16(17)14-10-9-12-7-5-6-8-13(12)15(14)11(2)3/h5-10H,2,4H2,1,3H3. The Morgan fingerprint density at radius 2 is 1.94 bits per heavy atom. The van der Waals surface area contributed by atoms with Crippen molar-refractivity contribution in [2.45, 2.75) is 13.8 Å². The van der Waals surface area contributed by atoms with Crippen LogP contribution >= 0.6 is 0 Å². The molecule has 0 aliphatic rings. The molecule has 2 aromatic carbocycles. The summed E-state index contributed by atoms with van der Waals surface area (Å²) in [6.07, 6.45) is 0. The van der Waals surface area contributed by atoms with Crippen LogP contribution in [0.3, 0.4) is 0 Å². The smallest absolute Gasteiger partial charge is 0.338 e. The quantitative estimate of drug-likeness (QED) is 0.756. The zero-order valence-corrected chi connectivity index (χ0v) is 10.7. The third-order valence-electron chi connectivity index (χ3n) is 2.85.